The van der Waals surface area contributed by atoms with E-state index in [-0.39, 0.29) is 11.2 Å². The molecule has 0 aliphatic carbocycles. The molecule has 0 spiro atoms. The molecule has 0 saturated carbocycles. The van der Waals surface area contributed by atoms with Crippen LogP contribution in [-0.2, 0) is 16.0 Å². The Hall–Kier alpha value is -1.75. The van der Waals surface area contributed by atoms with Crippen molar-refractivity contribution >= 4 is 22.8 Å². The molecule has 0 amide bonds. The lowest BCUT2D eigenvalue weighted by molar-refractivity contribution is -0.132. The normalized spacial score (nSPS) is 10.6. The number of unbranched alkanes of at least 4 members (excludes halogenated alkanes) is 6. The highest BCUT2D eigenvalue weighted by atomic mass is 35.5. The maximum atomic E-state index is 11.5. The summed E-state index contributed by atoms with van der Waals surface area (Å²) in [7, 11) is 3.11. The van der Waals surface area contributed by atoms with Crippen molar-refractivity contribution in [3.63, 3.8) is 0 Å². The third-order valence-corrected chi connectivity index (χ3v) is 4.69. The predicted molar refractivity (Wildman–Crippen MR) is 107 cm³/mol. The molecular formula is C21H31ClO5. The van der Waals surface area contributed by atoms with Gasteiger partial charge in [0.15, 0.2) is 11.5 Å². The van der Waals surface area contributed by atoms with Crippen LogP contribution in [0.25, 0.3) is 0 Å². The van der Waals surface area contributed by atoms with Crippen LogP contribution in [0.15, 0.2) is 6.07 Å². The molecular weight excluding hydrogens is 368 g/mol. The Morgan fingerprint density at radius 1 is 0.926 bits per heavy atom. The molecule has 0 radical (unpaired) electrons. The first-order valence-corrected chi connectivity index (χ1v) is 9.89. The van der Waals surface area contributed by atoms with E-state index in [4.69, 9.17) is 25.8 Å². The molecule has 0 heterocycles. The van der Waals surface area contributed by atoms with Crippen LogP contribution >= 0.6 is 11.6 Å². The molecule has 1 aromatic rings. The topological polar surface area (TPSA) is 61.8 Å². The van der Waals surface area contributed by atoms with Gasteiger partial charge in [0.25, 0.3) is 0 Å². The Bertz CT molecular complexity index is 627. The SMILES string of the molecule is COc1cc(C)c(CCCCCCCCCC(=O)Cl)c(OC(C)=O)c1OC. The molecule has 1 aromatic carbocycles. The van der Waals surface area contributed by atoms with Crippen LogP contribution in [0.1, 0.15) is 69.4 Å². The average molecular weight is 399 g/mol. The highest BCUT2D eigenvalue weighted by Gasteiger charge is 2.20. The summed E-state index contributed by atoms with van der Waals surface area (Å²) in [5, 5.41) is -0.246. The molecule has 0 saturated heterocycles. The summed E-state index contributed by atoms with van der Waals surface area (Å²) in [4.78, 5) is 22.2. The summed E-state index contributed by atoms with van der Waals surface area (Å²) >= 11 is 5.33. The Labute approximate surface area is 167 Å². The van der Waals surface area contributed by atoms with Gasteiger partial charge in [0, 0.05) is 18.9 Å². The Morgan fingerprint density at radius 3 is 2.04 bits per heavy atom. The first kappa shape index (κ1) is 23.3. The largest absolute Gasteiger partial charge is 0.493 e. The van der Waals surface area contributed by atoms with Gasteiger partial charge in [-0.25, -0.2) is 0 Å². The van der Waals surface area contributed by atoms with Crippen LogP contribution in [0.5, 0.6) is 17.2 Å². The van der Waals surface area contributed by atoms with Crippen molar-refractivity contribution in [1.29, 1.82) is 0 Å². The number of esters is 1. The van der Waals surface area contributed by atoms with E-state index in [1.807, 2.05) is 13.0 Å². The molecule has 0 unspecified atom stereocenters. The van der Waals surface area contributed by atoms with Crippen molar-refractivity contribution < 1.29 is 23.8 Å². The average Bonchev–Trinajstić information content (AvgIpc) is 2.61. The van der Waals surface area contributed by atoms with E-state index < -0.39 is 0 Å². The van der Waals surface area contributed by atoms with E-state index in [0.29, 0.717) is 23.7 Å². The third kappa shape index (κ3) is 8.21. The highest BCUT2D eigenvalue weighted by molar-refractivity contribution is 6.63. The van der Waals surface area contributed by atoms with Gasteiger partial charge in [-0.3, -0.25) is 9.59 Å². The van der Waals surface area contributed by atoms with E-state index in [2.05, 4.69) is 0 Å². The minimum Gasteiger partial charge on any atom is -0.493 e. The van der Waals surface area contributed by atoms with Crippen molar-refractivity contribution in [3.8, 4) is 17.2 Å². The van der Waals surface area contributed by atoms with Crippen molar-refractivity contribution in [2.45, 2.75) is 71.6 Å². The molecule has 152 valence electrons. The predicted octanol–water partition coefficient (Wildman–Crippen LogP) is 5.37. The third-order valence-electron chi connectivity index (χ3n) is 4.50. The van der Waals surface area contributed by atoms with Gasteiger partial charge in [0.2, 0.25) is 11.0 Å². The molecule has 0 aromatic heterocycles. The lowest BCUT2D eigenvalue weighted by Gasteiger charge is -2.18. The van der Waals surface area contributed by atoms with Crippen LogP contribution in [0.2, 0.25) is 0 Å². The smallest absolute Gasteiger partial charge is 0.308 e. The van der Waals surface area contributed by atoms with Gasteiger partial charge in [0.05, 0.1) is 14.2 Å². The quantitative estimate of drug-likeness (QED) is 0.193. The number of halogens is 1. The summed E-state index contributed by atoms with van der Waals surface area (Å²) in [6, 6.07) is 1.92. The zero-order valence-corrected chi connectivity index (χ0v) is 17.6. The Morgan fingerprint density at radius 2 is 1.52 bits per heavy atom. The molecule has 0 N–H and O–H groups in total. The maximum Gasteiger partial charge on any atom is 0.308 e. The van der Waals surface area contributed by atoms with E-state index in [1.54, 1.807) is 14.2 Å². The number of carbonyl (C=O) groups is 2. The van der Waals surface area contributed by atoms with Gasteiger partial charge in [-0.1, -0.05) is 32.1 Å². The van der Waals surface area contributed by atoms with Crippen LogP contribution < -0.4 is 14.2 Å². The molecule has 6 heteroatoms. The zero-order chi connectivity index (χ0) is 20.2. The van der Waals surface area contributed by atoms with Gasteiger partial charge in [-0.2, -0.15) is 0 Å². The Balaban J connectivity index is 2.58. The van der Waals surface area contributed by atoms with E-state index in [0.717, 1.165) is 62.5 Å². The monoisotopic (exact) mass is 398 g/mol. The van der Waals surface area contributed by atoms with Gasteiger partial charge in [0.1, 0.15) is 0 Å². The number of rotatable bonds is 13. The maximum absolute atomic E-state index is 11.5. The van der Waals surface area contributed by atoms with Crippen molar-refractivity contribution in [2.24, 2.45) is 0 Å². The first-order valence-electron chi connectivity index (χ1n) is 9.51. The Kier molecular flexibility index (Phi) is 10.9. The number of hydrogen-bond acceptors (Lipinski definition) is 5. The summed E-state index contributed by atoms with van der Waals surface area (Å²) in [5.41, 5.74) is 2.01. The molecule has 0 fully saturated rings. The molecule has 5 nitrogen and oxygen atoms in total. The van der Waals surface area contributed by atoms with E-state index >= 15 is 0 Å². The van der Waals surface area contributed by atoms with Crippen LogP contribution in [0.3, 0.4) is 0 Å². The zero-order valence-electron chi connectivity index (χ0n) is 16.9. The fourth-order valence-electron chi connectivity index (χ4n) is 3.13. The number of benzene rings is 1. The standard InChI is InChI=1S/C21H31ClO5/c1-15-14-18(25-3)21(26-4)20(27-16(2)23)17(15)12-10-8-6-5-7-9-11-13-19(22)24/h14H,5-13H2,1-4H3. The van der Waals surface area contributed by atoms with Crippen molar-refractivity contribution in [1.82, 2.24) is 0 Å². The van der Waals surface area contributed by atoms with Crippen molar-refractivity contribution in [3.05, 3.63) is 17.2 Å². The van der Waals surface area contributed by atoms with E-state index in [1.165, 1.54) is 6.92 Å². The summed E-state index contributed by atoms with van der Waals surface area (Å²) in [6.07, 6.45) is 8.73. The number of hydrogen-bond donors (Lipinski definition) is 0. The van der Waals surface area contributed by atoms with E-state index in [9.17, 15) is 9.59 Å². The number of aryl methyl sites for hydroxylation is 1. The molecule has 27 heavy (non-hydrogen) atoms. The molecule has 0 aliphatic rings. The molecule has 0 bridgehead atoms. The van der Waals surface area contributed by atoms with Crippen LogP contribution in [-0.4, -0.2) is 25.4 Å². The number of ether oxygens (including phenoxy) is 3. The second-order valence-electron chi connectivity index (χ2n) is 6.66. The van der Waals surface area contributed by atoms with Crippen LogP contribution in [0.4, 0.5) is 0 Å². The van der Waals surface area contributed by atoms with Gasteiger partial charge in [-0.05, 0) is 49.4 Å². The molecule has 1 rings (SSSR count). The minimum atomic E-state index is -0.377. The summed E-state index contributed by atoms with van der Waals surface area (Å²) in [6.45, 7) is 3.37. The van der Waals surface area contributed by atoms with Gasteiger partial charge >= 0.3 is 5.97 Å². The summed E-state index contributed by atoms with van der Waals surface area (Å²) in [5.74, 6) is 1.11. The fraction of sp³-hybridized carbons (Fsp3) is 0.619. The lowest BCUT2D eigenvalue weighted by Crippen LogP contribution is -2.08. The summed E-state index contributed by atoms with van der Waals surface area (Å²) < 4.78 is 16.2. The van der Waals surface area contributed by atoms with Gasteiger partial charge in [-0.15, -0.1) is 0 Å². The molecule has 0 atom stereocenters. The lowest BCUT2D eigenvalue weighted by atomic mass is 9.99. The second-order valence-corrected chi connectivity index (χ2v) is 7.08. The highest BCUT2D eigenvalue weighted by Crippen LogP contribution is 2.42. The number of methoxy groups -OCH3 is 2. The second kappa shape index (κ2) is 12.6. The minimum absolute atomic E-state index is 0.246. The van der Waals surface area contributed by atoms with Crippen molar-refractivity contribution in [2.75, 3.05) is 14.2 Å². The number of carbonyl (C=O) groups excluding carboxylic acids is 2. The first-order chi connectivity index (χ1) is 12.9. The van der Waals surface area contributed by atoms with Gasteiger partial charge < -0.3 is 14.2 Å². The van der Waals surface area contributed by atoms with Crippen LogP contribution in [0, 0.1) is 6.92 Å². The molecule has 0 aliphatic heterocycles. The fourth-order valence-corrected chi connectivity index (χ4v) is 3.27.